The molecule has 214 valence electrons. The maximum absolute atomic E-state index is 14.1. The molecule has 3 heterocycles. The largest absolute Gasteiger partial charge is 0.453 e. The molecular weight excluding hydrogens is 501 g/mol. The third-order valence-corrected chi connectivity index (χ3v) is 7.67. The highest BCUT2D eigenvalue weighted by atomic mass is 19.1. The van der Waals surface area contributed by atoms with E-state index >= 15 is 0 Å². The van der Waals surface area contributed by atoms with Crippen LogP contribution in [0.25, 0.3) is 0 Å². The molecule has 0 saturated carbocycles. The van der Waals surface area contributed by atoms with Gasteiger partial charge in [-0.1, -0.05) is 12.1 Å². The summed E-state index contributed by atoms with van der Waals surface area (Å²) in [6.07, 6.45) is 2.46. The van der Waals surface area contributed by atoms with E-state index in [2.05, 4.69) is 21.7 Å². The molecule has 1 aromatic carbocycles. The molecule has 1 saturated heterocycles. The van der Waals surface area contributed by atoms with Gasteiger partial charge in [-0.2, -0.15) is 0 Å². The Kier molecular flexibility index (Phi) is 8.83. The van der Waals surface area contributed by atoms with Gasteiger partial charge in [0.15, 0.2) is 0 Å². The van der Waals surface area contributed by atoms with Crippen molar-refractivity contribution in [3.05, 3.63) is 52.9 Å². The van der Waals surface area contributed by atoms with E-state index < -0.39 is 11.7 Å². The van der Waals surface area contributed by atoms with Crippen LogP contribution in [0, 0.1) is 12.7 Å². The van der Waals surface area contributed by atoms with Gasteiger partial charge in [0.05, 0.1) is 31.1 Å². The summed E-state index contributed by atoms with van der Waals surface area (Å²) in [4.78, 5) is 33.7. The number of carbonyl (C=O) groups excluding carboxylic acids is 2. The second kappa shape index (κ2) is 11.9. The zero-order valence-corrected chi connectivity index (χ0v) is 24.0. The Morgan fingerprint density at radius 1 is 1.21 bits per heavy atom. The molecule has 2 aliphatic rings. The Labute approximate surface area is 230 Å². The van der Waals surface area contributed by atoms with Gasteiger partial charge in [0.25, 0.3) is 0 Å². The summed E-state index contributed by atoms with van der Waals surface area (Å²) < 4.78 is 26.8. The Bertz CT molecular complexity index is 1170. The average molecular weight is 544 g/mol. The third-order valence-electron chi connectivity index (χ3n) is 7.67. The van der Waals surface area contributed by atoms with Gasteiger partial charge in [0, 0.05) is 38.1 Å². The number of hydrogen-bond acceptors (Lipinski definition) is 6. The molecule has 1 N–H and O–H groups in total. The van der Waals surface area contributed by atoms with Crippen molar-refractivity contribution in [3.8, 4) is 0 Å². The number of amides is 2. The first kappa shape index (κ1) is 28.9. The Morgan fingerprint density at radius 2 is 1.92 bits per heavy atom. The molecule has 2 aromatic rings. The number of methoxy groups -OCH3 is 1. The third kappa shape index (κ3) is 7.09. The van der Waals surface area contributed by atoms with Gasteiger partial charge in [-0.25, -0.2) is 19.0 Å². The van der Waals surface area contributed by atoms with E-state index in [1.165, 1.54) is 19.2 Å². The molecule has 1 unspecified atom stereocenters. The van der Waals surface area contributed by atoms with Crippen LogP contribution in [0.15, 0.2) is 24.3 Å². The van der Waals surface area contributed by atoms with Crippen LogP contribution in [0.1, 0.15) is 81.8 Å². The molecule has 0 radical (unpaired) electrons. The van der Waals surface area contributed by atoms with E-state index in [4.69, 9.17) is 14.5 Å². The smallest absolute Gasteiger partial charge is 0.409 e. The lowest BCUT2D eigenvalue weighted by atomic mass is 9.96. The highest BCUT2D eigenvalue weighted by molar-refractivity contribution is 5.68. The fourth-order valence-corrected chi connectivity index (χ4v) is 5.81. The van der Waals surface area contributed by atoms with E-state index in [1.54, 1.807) is 11.0 Å². The molecule has 10 heteroatoms. The first-order valence-corrected chi connectivity index (χ1v) is 13.8. The van der Waals surface area contributed by atoms with E-state index in [9.17, 15) is 14.0 Å². The number of aryl methyl sites for hydroxylation is 1. The number of alkyl carbamates (subject to hydrolysis) is 1. The van der Waals surface area contributed by atoms with E-state index in [-0.39, 0.29) is 24.0 Å². The zero-order valence-electron chi connectivity index (χ0n) is 24.0. The summed E-state index contributed by atoms with van der Waals surface area (Å²) in [5.41, 5.74) is 2.29. The summed E-state index contributed by atoms with van der Waals surface area (Å²) in [7, 11) is 1.42. The summed E-state index contributed by atoms with van der Waals surface area (Å²) in [5.74, 6) is 0.660. The average Bonchev–Trinajstić information content (AvgIpc) is 3.21. The molecule has 39 heavy (non-hydrogen) atoms. The summed E-state index contributed by atoms with van der Waals surface area (Å²) >= 11 is 0. The maximum Gasteiger partial charge on any atom is 0.409 e. The number of carbonyl (C=O) groups is 2. The topological polar surface area (TPSA) is 88.9 Å². The van der Waals surface area contributed by atoms with Gasteiger partial charge in [0.2, 0.25) is 0 Å². The molecule has 1 aromatic heterocycles. The molecule has 0 bridgehead atoms. The minimum atomic E-state index is -0.622. The molecule has 2 aliphatic heterocycles. The van der Waals surface area contributed by atoms with Gasteiger partial charge in [0.1, 0.15) is 17.2 Å². The van der Waals surface area contributed by atoms with Crippen LogP contribution in [0.5, 0.6) is 0 Å². The fraction of sp³-hybridized carbons (Fsp3) is 0.621. The normalized spacial score (nSPS) is 18.3. The first-order chi connectivity index (χ1) is 18.4. The molecule has 2 atom stereocenters. The van der Waals surface area contributed by atoms with Gasteiger partial charge in [-0.3, -0.25) is 0 Å². The summed E-state index contributed by atoms with van der Waals surface area (Å²) in [6, 6.07) is 6.47. The van der Waals surface area contributed by atoms with Crippen molar-refractivity contribution in [3.63, 3.8) is 0 Å². The number of piperidine rings is 1. The Balaban J connectivity index is 1.42. The number of halogens is 1. The highest BCUT2D eigenvalue weighted by Crippen LogP contribution is 2.32. The van der Waals surface area contributed by atoms with E-state index in [0.29, 0.717) is 25.6 Å². The van der Waals surface area contributed by atoms with Crippen LogP contribution in [0.4, 0.5) is 14.0 Å². The van der Waals surface area contributed by atoms with Crippen molar-refractivity contribution >= 4 is 12.2 Å². The lowest BCUT2D eigenvalue weighted by molar-refractivity contribution is 0.0486. The minimum Gasteiger partial charge on any atom is -0.453 e. The fourth-order valence-electron chi connectivity index (χ4n) is 5.81. The second-order valence-corrected chi connectivity index (χ2v) is 11.7. The number of aromatic nitrogens is 2. The number of rotatable bonds is 6. The van der Waals surface area contributed by atoms with Crippen molar-refractivity contribution in [2.24, 2.45) is 0 Å². The quantitative estimate of drug-likeness (QED) is 0.543. The van der Waals surface area contributed by atoms with Crippen LogP contribution in [-0.2, 0) is 22.4 Å². The van der Waals surface area contributed by atoms with Gasteiger partial charge < -0.3 is 29.2 Å². The van der Waals surface area contributed by atoms with Crippen LogP contribution in [0.3, 0.4) is 0 Å². The summed E-state index contributed by atoms with van der Waals surface area (Å²) in [6.45, 7) is 12.6. The predicted octanol–water partition coefficient (Wildman–Crippen LogP) is 5.14. The SMILES string of the molecule is COC(=O)N1CCc2nc(C)n(C3CCN(C(C)C[C@H](NC(=O)OC(C)(C)C)c4cccc(F)c4)CC3)c2C1. The standard InChI is InChI=1S/C29H42FN5O4/c1-19(16-25(21-8-7-9-22(30)17-21)32-27(36)39-29(3,4)5)33-13-10-23(11-14-33)35-20(2)31-24-12-15-34(18-26(24)35)28(37)38-6/h7-9,17,19,23,25H,10-16,18H2,1-6H3,(H,32,36)/t19?,25-/m0/s1. The van der Waals surface area contributed by atoms with Crippen molar-refractivity contribution in [2.75, 3.05) is 26.7 Å². The summed E-state index contributed by atoms with van der Waals surface area (Å²) in [5, 5.41) is 2.97. The van der Waals surface area contributed by atoms with Gasteiger partial charge in [-0.15, -0.1) is 0 Å². The van der Waals surface area contributed by atoms with Crippen LogP contribution < -0.4 is 5.32 Å². The number of imidazole rings is 1. The van der Waals surface area contributed by atoms with Gasteiger partial charge >= 0.3 is 12.2 Å². The van der Waals surface area contributed by atoms with Crippen LogP contribution in [-0.4, -0.2) is 69.9 Å². The molecule has 2 amide bonds. The van der Waals surface area contributed by atoms with Gasteiger partial charge in [-0.05, 0) is 71.6 Å². The molecule has 0 spiro atoms. The van der Waals surface area contributed by atoms with Crippen LogP contribution in [0.2, 0.25) is 0 Å². The number of ether oxygens (including phenoxy) is 2. The number of hydrogen-bond donors (Lipinski definition) is 1. The number of fused-ring (bicyclic) bond motifs is 1. The van der Waals surface area contributed by atoms with Crippen molar-refractivity contribution in [2.45, 2.75) is 90.6 Å². The lowest BCUT2D eigenvalue weighted by Crippen LogP contribution is -2.44. The molecule has 9 nitrogen and oxygen atoms in total. The van der Waals surface area contributed by atoms with Crippen molar-refractivity contribution in [1.82, 2.24) is 24.7 Å². The molecule has 0 aliphatic carbocycles. The Hall–Kier alpha value is -3.14. The monoisotopic (exact) mass is 543 g/mol. The van der Waals surface area contributed by atoms with Crippen LogP contribution >= 0.6 is 0 Å². The number of nitrogens with zero attached hydrogens (tertiary/aromatic N) is 4. The van der Waals surface area contributed by atoms with Crippen molar-refractivity contribution in [1.29, 1.82) is 0 Å². The number of likely N-dealkylation sites (tertiary alicyclic amines) is 1. The molecule has 4 rings (SSSR count). The lowest BCUT2D eigenvalue weighted by Gasteiger charge is -2.39. The minimum absolute atomic E-state index is 0.154. The number of benzene rings is 1. The number of nitrogens with one attached hydrogen (secondary N) is 1. The predicted molar refractivity (Wildman–Crippen MR) is 146 cm³/mol. The second-order valence-electron chi connectivity index (χ2n) is 11.7. The molecule has 1 fully saturated rings. The highest BCUT2D eigenvalue weighted by Gasteiger charge is 2.32. The maximum atomic E-state index is 14.1. The van der Waals surface area contributed by atoms with E-state index in [1.807, 2.05) is 33.8 Å². The van der Waals surface area contributed by atoms with Crippen molar-refractivity contribution < 1.29 is 23.5 Å². The van der Waals surface area contributed by atoms with E-state index in [0.717, 1.165) is 55.1 Å². The first-order valence-electron chi connectivity index (χ1n) is 13.8. The zero-order chi connectivity index (χ0) is 28.3. The Morgan fingerprint density at radius 3 is 2.56 bits per heavy atom. The molecular formula is C29H42FN5O4.